The van der Waals surface area contributed by atoms with Crippen molar-refractivity contribution in [2.45, 2.75) is 25.4 Å². The minimum absolute atomic E-state index is 0.0402. The Morgan fingerprint density at radius 2 is 2.29 bits per heavy atom. The third-order valence-electron chi connectivity index (χ3n) is 3.26. The zero-order chi connectivity index (χ0) is 12.6. The first-order chi connectivity index (χ1) is 8.00. The summed E-state index contributed by atoms with van der Waals surface area (Å²) >= 11 is 5.78. The first-order valence-corrected chi connectivity index (χ1v) is 5.84. The molecule has 17 heavy (non-hydrogen) atoms. The molecule has 92 valence electrons. The predicted molar refractivity (Wildman–Crippen MR) is 67.5 cm³/mol. The molecule has 2 rings (SSSR count). The second kappa shape index (κ2) is 4.50. The van der Waals surface area contributed by atoms with Crippen LogP contribution in [-0.4, -0.2) is 23.6 Å². The molecule has 2 atom stereocenters. The van der Waals surface area contributed by atoms with Gasteiger partial charge in [-0.25, -0.2) is 0 Å². The lowest BCUT2D eigenvalue weighted by atomic mass is 10.1. The van der Waals surface area contributed by atoms with Gasteiger partial charge in [0.05, 0.1) is 4.92 Å². The van der Waals surface area contributed by atoms with Crippen LogP contribution in [0, 0.1) is 10.1 Å². The Labute approximate surface area is 104 Å². The van der Waals surface area contributed by atoms with E-state index >= 15 is 0 Å². The number of nitrogens with zero attached hydrogens (tertiary/aromatic N) is 2. The molecule has 0 bridgehead atoms. The molecule has 1 aliphatic heterocycles. The molecule has 2 unspecified atom stereocenters. The number of nitro groups is 1. The molecule has 1 aromatic carbocycles. The van der Waals surface area contributed by atoms with Gasteiger partial charge >= 0.3 is 0 Å². The van der Waals surface area contributed by atoms with E-state index < -0.39 is 4.92 Å². The molecule has 1 aliphatic rings. The number of benzene rings is 1. The van der Waals surface area contributed by atoms with Gasteiger partial charge in [-0.3, -0.25) is 10.1 Å². The van der Waals surface area contributed by atoms with Crippen molar-refractivity contribution in [1.82, 2.24) is 0 Å². The van der Waals surface area contributed by atoms with Crippen LogP contribution in [0.5, 0.6) is 0 Å². The standard InChI is InChI=1S/C11H14ClN3O2/c1-7-9(13)4-5-14(7)10-3-2-8(12)6-11(10)15(16)17/h2-3,6-7,9H,4-5,13H2,1H3. The highest BCUT2D eigenvalue weighted by Crippen LogP contribution is 2.34. The highest BCUT2D eigenvalue weighted by molar-refractivity contribution is 6.30. The van der Waals surface area contributed by atoms with Crippen molar-refractivity contribution in [3.63, 3.8) is 0 Å². The lowest BCUT2D eigenvalue weighted by molar-refractivity contribution is -0.384. The number of rotatable bonds is 2. The summed E-state index contributed by atoms with van der Waals surface area (Å²) in [5.41, 5.74) is 6.56. The Morgan fingerprint density at radius 3 is 2.82 bits per heavy atom. The molecule has 1 heterocycles. The minimum Gasteiger partial charge on any atom is -0.362 e. The van der Waals surface area contributed by atoms with E-state index in [0.717, 1.165) is 13.0 Å². The molecule has 1 aromatic rings. The number of halogens is 1. The van der Waals surface area contributed by atoms with Crippen LogP contribution in [0.15, 0.2) is 18.2 Å². The van der Waals surface area contributed by atoms with Crippen LogP contribution < -0.4 is 10.6 Å². The summed E-state index contributed by atoms with van der Waals surface area (Å²) in [7, 11) is 0. The van der Waals surface area contributed by atoms with Crippen LogP contribution in [0.3, 0.4) is 0 Å². The molecule has 0 aliphatic carbocycles. The first-order valence-electron chi connectivity index (χ1n) is 5.47. The fraction of sp³-hybridized carbons (Fsp3) is 0.455. The fourth-order valence-electron chi connectivity index (χ4n) is 2.19. The zero-order valence-corrected chi connectivity index (χ0v) is 10.2. The van der Waals surface area contributed by atoms with Gasteiger partial charge in [-0.15, -0.1) is 0 Å². The van der Waals surface area contributed by atoms with E-state index in [4.69, 9.17) is 17.3 Å². The van der Waals surface area contributed by atoms with Crippen molar-refractivity contribution in [1.29, 1.82) is 0 Å². The highest BCUT2D eigenvalue weighted by Gasteiger charge is 2.31. The molecule has 0 saturated carbocycles. The van der Waals surface area contributed by atoms with Gasteiger partial charge in [0.15, 0.2) is 0 Å². The Balaban J connectivity index is 2.42. The Hall–Kier alpha value is -1.33. The average Bonchev–Trinajstić information content (AvgIpc) is 2.60. The van der Waals surface area contributed by atoms with Crippen molar-refractivity contribution in [2.24, 2.45) is 5.73 Å². The maximum absolute atomic E-state index is 11.0. The second-order valence-corrected chi connectivity index (χ2v) is 4.71. The van der Waals surface area contributed by atoms with Crippen LogP contribution >= 0.6 is 11.6 Å². The summed E-state index contributed by atoms with van der Waals surface area (Å²) in [4.78, 5) is 12.6. The molecule has 1 fully saturated rings. The van der Waals surface area contributed by atoms with Gasteiger partial charge in [-0.1, -0.05) is 11.6 Å². The number of nitro benzene ring substituents is 1. The lowest BCUT2D eigenvalue weighted by Gasteiger charge is -2.25. The van der Waals surface area contributed by atoms with E-state index in [0.29, 0.717) is 10.7 Å². The van der Waals surface area contributed by atoms with E-state index in [1.807, 2.05) is 11.8 Å². The Morgan fingerprint density at radius 1 is 1.59 bits per heavy atom. The first kappa shape index (κ1) is 12.1. The van der Waals surface area contributed by atoms with Crippen LogP contribution in [0.1, 0.15) is 13.3 Å². The van der Waals surface area contributed by atoms with Gasteiger partial charge in [-0.2, -0.15) is 0 Å². The molecule has 0 aromatic heterocycles. The van der Waals surface area contributed by atoms with Crippen LogP contribution in [0.4, 0.5) is 11.4 Å². The quantitative estimate of drug-likeness (QED) is 0.649. The van der Waals surface area contributed by atoms with E-state index in [1.54, 1.807) is 12.1 Å². The average molecular weight is 256 g/mol. The third kappa shape index (κ3) is 2.21. The summed E-state index contributed by atoms with van der Waals surface area (Å²) in [6.07, 6.45) is 0.848. The molecule has 0 radical (unpaired) electrons. The smallest absolute Gasteiger partial charge is 0.294 e. The zero-order valence-electron chi connectivity index (χ0n) is 9.47. The Kier molecular flexibility index (Phi) is 3.22. The van der Waals surface area contributed by atoms with Crippen LogP contribution in [-0.2, 0) is 0 Å². The summed E-state index contributed by atoms with van der Waals surface area (Å²) in [6.45, 7) is 2.72. The topological polar surface area (TPSA) is 72.4 Å². The van der Waals surface area contributed by atoms with Gasteiger partial charge < -0.3 is 10.6 Å². The van der Waals surface area contributed by atoms with Gasteiger partial charge in [0.25, 0.3) is 5.69 Å². The molecule has 2 N–H and O–H groups in total. The van der Waals surface area contributed by atoms with Gasteiger partial charge in [-0.05, 0) is 25.5 Å². The number of anilines is 1. The maximum atomic E-state index is 11.0. The summed E-state index contributed by atoms with van der Waals surface area (Å²) in [6, 6.07) is 4.91. The monoisotopic (exact) mass is 255 g/mol. The summed E-state index contributed by atoms with van der Waals surface area (Å²) in [5.74, 6) is 0. The number of hydrogen-bond donors (Lipinski definition) is 1. The summed E-state index contributed by atoms with van der Waals surface area (Å²) in [5, 5.41) is 11.4. The van der Waals surface area contributed by atoms with Crippen LogP contribution in [0.25, 0.3) is 0 Å². The molecule has 0 spiro atoms. The highest BCUT2D eigenvalue weighted by atomic mass is 35.5. The van der Waals surface area contributed by atoms with Gasteiger partial charge in [0.2, 0.25) is 0 Å². The molecule has 1 saturated heterocycles. The van der Waals surface area contributed by atoms with Crippen molar-refractivity contribution in [3.05, 3.63) is 33.3 Å². The second-order valence-electron chi connectivity index (χ2n) is 4.28. The van der Waals surface area contributed by atoms with Crippen molar-refractivity contribution < 1.29 is 4.92 Å². The molecular weight excluding hydrogens is 242 g/mol. The fourth-order valence-corrected chi connectivity index (χ4v) is 2.36. The van der Waals surface area contributed by atoms with E-state index in [-0.39, 0.29) is 17.8 Å². The maximum Gasteiger partial charge on any atom is 0.294 e. The molecular formula is C11H14ClN3O2. The minimum atomic E-state index is -0.405. The largest absolute Gasteiger partial charge is 0.362 e. The van der Waals surface area contributed by atoms with Crippen molar-refractivity contribution in [3.8, 4) is 0 Å². The van der Waals surface area contributed by atoms with Gasteiger partial charge in [0, 0.05) is 29.7 Å². The van der Waals surface area contributed by atoms with Crippen molar-refractivity contribution >= 4 is 23.0 Å². The van der Waals surface area contributed by atoms with E-state index in [2.05, 4.69) is 0 Å². The SMILES string of the molecule is CC1C(N)CCN1c1ccc(Cl)cc1[N+](=O)[O-]. The predicted octanol–water partition coefficient (Wildman–Crippen LogP) is 2.17. The van der Waals surface area contributed by atoms with Gasteiger partial charge in [0.1, 0.15) is 5.69 Å². The molecule has 5 nitrogen and oxygen atoms in total. The normalized spacial score (nSPS) is 24.1. The van der Waals surface area contributed by atoms with Crippen LogP contribution in [0.2, 0.25) is 5.02 Å². The third-order valence-corrected chi connectivity index (χ3v) is 3.49. The number of hydrogen-bond acceptors (Lipinski definition) is 4. The lowest BCUT2D eigenvalue weighted by Crippen LogP contribution is -2.37. The Bertz CT molecular complexity index is 452. The van der Waals surface area contributed by atoms with E-state index in [9.17, 15) is 10.1 Å². The number of nitrogens with two attached hydrogens (primary N) is 1. The van der Waals surface area contributed by atoms with E-state index in [1.165, 1.54) is 6.07 Å². The van der Waals surface area contributed by atoms with Crippen molar-refractivity contribution in [2.75, 3.05) is 11.4 Å². The molecule has 0 amide bonds. The molecule has 6 heteroatoms. The summed E-state index contributed by atoms with van der Waals surface area (Å²) < 4.78 is 0.